The van der Waals surface area contributed by atoms with Crippen molar-refractivity contribution in [3.8, 4) is 16.9 Å². The first kappa shape index (κ1) is 34.5. The van der Waals surface area contributed by atoms with Crippen LogP contribution in [-0.4, -0.2) is 88.1 Å². The van der Waals surface area contributed by atoms with E-state index >= 15 is 0 Å². The van der Waals surface area contributed by atoms with Crippen LogP contribution in [0.15, 0.2) is 47.5 Å². The normalized spacial score (nSPS) is 25.4. The van der Waals surface area contributed by atoms with Gasteiger partial charge in [-0.25, -0.2) is 14.5 Å². The summed E-state index contributed by atoms with van der Waals surface area (Å²) in [7, 11) is 5.95. The standard InChI is InChI=1S/C37H45N5O3.2H2O/c1-22-9-7-10-23(2)33(22)32-21-30(34-38-37(36(44)45-34)28-17-25-16-26(19-28)20-29(37)18-25)39-42(32)31-12-11-27(15-24(31)3)35(43)41(6)14-8-13-40(4)5;;/h7,9-12,15,21,25-26,28-29H,8,13-14,16-20H2,1-6H3;2*1H2. The minimum absolute atomic E-state index is 0. The van der Waals surface area contributed by atoms with Crippen molar-refractivity contribution >= 4 is 17.8 Å². The number of carbonyl (C=O) groups excluding carboxylic acids is 2. The average Bonchev–Trinajstić information content (AvgIpc) is 3.57. The van der Waals surface area contributed by atoms with Gasteiger partial charge in [0.05, 0.1) is 11.4 Å². The van der Waals surface area contributed by atoms with Crippen molar-refractivity contribution in [1.82, 2.24) is 19.6 Å². The number of hydrogen-bond acceptors (Lipinski definition) is 6. The molecule has 0 radical (unpaired) electrons. The summed E-state index contributed by atoms with van der Waals surface area (Å²) in [6.07, 6.45) is 6.55. The van der Waals surface area contributed by atoms with Crippen molar-refractivity contribution in [3.05, 3.63) is 70.4 Å². The van der Waals surface area contributed by atoms with Crippen molar-refractivity contribution in [2.24, 2.45) is 28.7 Å². The van der Waals surface area contributed by atoms with E-state index < -0.39 is 5.54 Å². The molecule has 4 aliphatic carbocycles. The fraction of sp³-hybridized carbons (Fsp3) is 0.514. The summed E-state index contributed by atoms with van der Waals surface area (Å²) >= 11 is 0. The molecule has 1 aliphatic heterocycles. The third kappa shape index (κ3) is 5.81. The third-order valence-electron chi connectivity index (χ3n) is 11.0. The van der Waals surface area contributed by atoms with Gasteiger partial charge in [-0.3, -0.25) is 4.79 Å². The maximum atomic E-state index is 13.7. The van der Waals surface area contributed by atoms with Gasteiger partial charge in [-0.1, -0.05) is 18.2 Å². The van der Waals surface area contributed by atoms with Crippen LogP contribution in [0.1, 0.15) is 71.3 Å². The molecule has 10 nitrogen and oxygen atoms in total. The summed E-state index contributed by atoms with van der Waals surface area (Å²) in [6, 6.07) is 14.1. The Bertz CT molecular complexity index is 1660. The van der Waals surface area contributed by atoms with Crippen LogP contribution in [0.3, 0.4) is 0 Å². The first-order valence-corrected chi connectivity index (χ1v) is 16.6. The second-order valence-electron chi connectivity index (χ2n) is 14.4. The molecule has 2 aromatic carbocycles. The molecule has 10 heteroatoms. The Kier molecular flexibility index (Phi) is 9.52. The van der Waals surface area contributed by atoms with Crippen molar-refractivity contribution in [2.45, 2.75) is 64.8 Å². The van der Waals surface area contributed by atoms with Crippen LogP contribution < -0.4 is 0 Å². The molecule has 1 aromatic heterocycles. The zero-order chi connectivity index (χ0) is 31.6. The Morgan fingerprint density at radius 1 is 0.894 bits per heavy atom. The predicted molar refractivity (Wildman–Crippen MR) is 183 cm³/mol. The van der Waals surface area contributed by atoms with Gasteiger partial charge in [0.25, 0.3) is 5.91 Å². The molecular formula is C37H49N5O5. The molecule has 4 fully saturated rings. The van der Waals surface area contributed by atoms with Crippen molar-refractivity contribution in [3.63, 3.8) is 0 Å². The minimum atomic E-state index is -0.748. The summed E-state index contributed by atoms with van der Waals surface area (Å²) in [5.74, 6) is 2.18. The molecule has 252 valence electrons. The molecule has 5 aliphatic rings. The van der Waals surface area contributed by atoms with Gasteiger partial charge < -0.3 is 25.5 Å². The lowest BCUT2D eigenvalue weighted by Gasteiger charge is -2.56. The van der Waals surface area contributed by atoms with Crippen LogP contribution >= 0.6 is 0 Å². The molecule has 2 heterocycles. The van der Waals surface area contributed by atoms with Crippen LogP contribution in [-0.2, 0) is 9.53 Å². The summed E-state index contributed by atoms with van der Waals surface area (Å²) in [4.78, 5) is 36.1. The zero-order valence-corrected chi connectivity index (χ0v) is 28.5. The van der Waals surface area contributed by atoms with Crippen LogP contribution in [0.25, 0.3) is 16.9 Å². The molecule has 0 unspecified atom stereocenters. The van der Waals surface area contributed by atoms with Crippen LogP contribution in [0.4, 0.5) is 0 Å². The van der Waals surface area contributed by atoms with Gasteiger partial charge in [-0.15, -0.1) is 0 Å². The quantitative estimate of drug-likeness (QED) is 0.336. The lowest BCUT2D eigenvalue weighted by atomic mass is 9.49. The second-order valence-corrected chi connectivity index (χ2v) is 14.4. The first-order chi connectivity index (χ1) is 21.5. The van der Waals surface area contributed by atoms with E-state index in [0.717, 1.165) is 84.1 Å². The largest absolute Gasteiger partial charge is 0.412 e. The molecule has 4 bridgehead atoms. The van der Waals surface area contributed by atoms with Crippen molar-refractivity contribution in [2.75, 3.05) is 34.2 Å². The molecule has 1 spiro atoms. The molecule has 3 aromatic rings. The number of carbonyl (C=O) groups is 2. The number of aryl methyl sites for hydroxylation is 3. The highest BCUT2D eigenvalue weighted by atomic mass is 16.6. The van der Waals surface area contributed by atoms with Crippen LogP contribution in [0, 0.1) is 44.4 Å². The molecule has 4 N–H and O–H groups in total. The van der Waals surface area contributed by atoms with Gasteiger partial charge >= 0.3 is 5.97 Å². The van der Waals surface area contributed by atoms with Crippen LogP contribution in [0.5, 0.6) is 0 Å². The van der Waals surface area contributed by atoms with Gasteiger partial charge in [0.2, 0.25) is 5.90 Å². The molecule has 0 atom stereocenters. The summed E-state index contributed by atoms with van der Waals surface area (Å²) in [6.45, 7) is 7.86. The van der Waals surface area contributed by atoms with E-state index in [2.05, 4.69) is 36.9 Å². The van der Waals surface area contributed by atoms with E-state index in [1.165, 1.54) is 6.42 Å². The van der Waals surface area contributed by atoms with E-state index in [4.69, 9.17) is 14.8 Å². The number of benzene rings is 2. The molecule has 0 saturated heterocycles. The van der Waals surface area contributed by atoms with E-state index in [1.54, 1.807) is 4.90 Å². The summed E-state index contributed by atoms with van der Waals surface area (Å²) in [5, 5.41) is 5.09. The lowest BCUT2D eigenvalue weighted by Crippen LogP contribution is -2.59. The summed E-state index contributed by atoms with van der Waals surface area (Å²) < 4.78 is 8.00. The van der Waals surface area contributed by atoms with Gasteiger partial charge in [0, 0.05) is 24.7 Å². The molecule has 4 saturated carbocycles. The number of nitrogens with zero attached hydrogens (tertiary/aromatic N) is 5. The first-order valence-electron chi connectivity index (χ1n) is 16.6. The highest BCUT2D eigenvalue weighted by molar-refractivity contribution is 6.08. The number of aliphatic imine (C=N–C) groups is 1. The second kappa shape index (κ2) is 13.0. The Balaban J connectivity index is 0.00000217. The Morgan fingerprint density at radius 3 is 2.13 bits per heavy atom. The fourth-order valence-corrected chi connectivity index (χ4v) is 8.97. The van der Waals surface area contributed by atoms with Gasteiger partial charge in [0.15, 0.2) is 5.54 Å². The Hall–Kier alpha value is -3.86. The zero-order valence-electron chi connectivity index (χ0n) is 28.5. The fourth-order valence-electron chi connectivity index (χ4n) is 8.97. The highest BCUT2D eigenvalue weighted by Gasteiger charge is 2.64. The van der Waals surface area contributed by atoms with E-state index in [1.807, 2.05) is 57.0 Å². The number of ether oxygens (including phenoxy) is 1. The van der Waals surface area contributed by atoms with Gasteiger partial charge in [-0.05, 0) is 145 Å². The molecule has 47 heavy (non-hydrogen) atoms. The van der Waals surface area contributed by atoms with Gasteiger partial charge in [-0.2, -0.15) is 5.10 Å². The summed E-state index contributed by atoms with van der Waals surface area (Å²) in [5.41, 5.74) is 6.56. The monoisotopic (exact) mass is 643 g/mol. The lowest BCUT2D eigenvalue weighted by molar-refractivity contribution is -0.153. The molecular weight excluding hydrogens is 594 g/mol. The Labute approximate surface area is 277 Å². The molecule has 8 rings (SSSR count). The number of aromatic nitrogens is 2. The third-order valence-corrected chi connectivity index (χ3v) is 11.0. The maximum absolute atomic E-state index is 13.7. The maximum Gasteiger partial charge on any atom is 0.341 e. The minimum Gasteiger partial charge on any atom is -0.412 e. The predicted octanol–water partition coefficient (Wildman–Crippen LogP) is 4.34. The van der Waals surface area contributed by atoms with Crippen molar-refractivity contribution in [1.29, 1.82) is 0 Å². The average molecular weight is 644 g/mol. The molecule has 1 amide bonds. The number of rotatable bonds is 8. The number of cyclic esters (lactones) is 1. The highest BCUT2D eigenvalue weighted by Crippen LogP contribution is 2.61. The Morgan fingerprint density at radius 2 is 1.53 bits per heavy atom. The van der Waals surface area contributed by atoms with Gasteiger partial charge in [0.1, 0.15) is 5.69 Å². The SMILES string of the molecule is Cc1cc(C(=O)N(C)CCCN(C)C)ccc1-n1nc(C2=NC3(C(=O)O2)C2CC4CC(C2)CC3C4)cc1-c1c(C)cccc1C.O.O. The van der Waals surface area contributed by atoms with E-state index in [-0.39, 0.29) is 34.7 Å². The smallest absolute Gasteiger partial charge is 0.341 e. The van der Waals surface area contributed by atoms with E-state index in [0.29, 0.717) is 23.7 Å². The van der Waals surface area contributed by atoms with E-state index in [9.17, 15) is 9.59 Å². The van der Waals surface area contributed by atoms with Crippen LogP contribution in [0.2, 0.25) is 0 Å². The number of amides is 1. The van der Waals surface area contributed by atoms with Crippen molar-refractivity contribution < 1.29 is 25.3 Å². The topological polar surface area (TPSA) is 143 Å². The number of esters is 1. The number of hydrogen-bond donors (Lipinski definition) is 0.